The zero-order valence-corrected chi connectivity index (χ0v) is 17.4. The molecule has 1 aliphatic rings. The number of aromatic amines is 1. The number of para-hydroxylation sites is 2. The number of rotatable bonds is 2. The van der Waals surface area contributed by atoms with Crippen LogP contribution in [0.1, 0.15) is 33.4 Å². The maximum atomic E-state index is 13.6. The Morgan fingerprint density at radius 3 is 2.61 bits per heavy atom. The van der Waals surface area contributed by atoms with Gasteiger partial charge in [0, 0.05) is 33.6 Å². The number of halogens is 1. The van der Waals surface area contributed by atoms with Crippen molar-refractivity contribution in [1.82, 2.24) is 9.88 Å². The van der Waals surface area contributed by atoms with E-state index in [2.05, 4.69) is 23.2 Å². The third-order valence-electron chi connectivity index (χ3n) is 6.12. The second-order valence-electron chi connectivity index (χ2n) is 7.91. The SMILES string of the molecule is O=C(c1cc2ccccc2o1)N1CCc2c([nH]c3ccccc23)[C@@H]1c1ccc(Cl)cc1. The number of fused-ring (bicyclic) bond motifs is 4. The molecule has 1 aliphatic heterocycles. The molecule has 1 amide bonds. The third-order valence-corrected chi connectivity index (χ3v) is 6.37. The molecule has 3 heterocycles. The van der Waals surface area contributed by atoms with Gasteiger partial charge in [-0.25, -0.2) is 0 Å². The van der Waals surface area contributed by atoms with Crippen LogP contribution in [0.15, 0.2) is 83.3 Å². The number of H-pyrrole nitrogens is 1. The predicted octanol–water partition coefficient (Wildman–Crippen LogP) is 6.36. The molecule has 0 aliphatic carbocycles. The normalized spacial score (nSPS) is 16.0. The molecular formula is C26H19ClN2O2. The van der Waals surface area contributed by atoms with Crippen molar-refractivity contribution in [3.63, 3.8) is 0 Å². The van der Waals surface area contributed by atoms with Gasteiger partial charge in [-0.05, 0) is 47.9 Å². The predicted molar refractivity (Wildman–Crippen MR) is 123 cm³/mol. The van der Waals surface area contributed by atoms with Gasteiger partial charge in [0.25, 0.3) is 5.91 Å². The van der Waals surface area contributed by atoms with Crippen molar-refractivity contribution >= 4 is 39.4 Å². The van der Waals surface area contributed by atoms with Gasteiger partial charge in [0.15, 0.2) is 5.76 Å². The van der Waals surface area contributed by atoms with Gasteiger partial charge in [-0.15, -0.1) is 0 Å². The van der Waals surface area contributed by atoms with Crippen molar-refractivity contribution in [2.24, 2.45) is 0 Å². The molecule has 1 N–H and O–H groups in total. The van der Waals surface area contributed by atoms with E-state index in [0.29, 0.717) is 17.3 Å². The van der Waals surface area contributed by atoms with Crippen molar-refractivity contribution < 1.29 is 9.21 Å². The largest absolute Gasteiger partial charge is 0.451 e. The third kappa shape index (κ3) is 2.94. The molecular weight excluding hydrogens is 408 g/mol. The highest BCUT2D eigenvalue weighted by Gasteiger charge is 2.36. The van der Waals surface area contributed by atoms with Crippen molar-refractivity contribution in [3.8, 4) is 0 Å². The number of amides is 1. The molecule has 0 unspecified atom stereocenters. The average molecular weight is 427 g/mol. The van der Waals surface area contributed by atoms with Crippen LogP contribution < -0.4 is 0 Å². The summed E-state index contributed by atoms with van der Waals surface area (Å²) < 4.78 is 5.91. The molecule has 6 rings (SSSR count). The number of furan rings is 1. The molecule has 5 aromatic rings. The molecule has 0 spiro atoms. The summed E-state index contributed by atoms with van der Waals surface area (Å²) in [5.74, 6) is 0.250. The van der Waals surface area contributed by atoms with Crippen molar-refractivity contribution in [3.05, 3.63) is 106 Å². The van der Waals surface area contributed by atoms with Crippen LogP contribution in [0.3, 0.4) is 0 Å². The van der Waals surface area contributed by atoms with Crippen LogP contribution in [0.5, 0.6) is 0 Å². The molecule has 4 nitrogen and oxygen atoms in total. The Kier molecular flexibility index (Phi) is 4.15. The van der Waals surface area contributed by atoms with Crippen LogP contribution >= 0.6 is 11.6 Å². The zero-order valence-electron chi connectivity index (χ0n) is 16.6. The summed E-state index contributed by atoms with van der Waals surface area (Å²) in [6.07, 6.45) is 0.787. The number of benzene rings is 3. The molecule has 2 aromatic heterocycles. The first-order chi connectivity index (χ1) is 15.2. The lowest BCUT2D eigenvalue weighted by Gasteiger charge is -2.35. The summed E-state index contributed by atoms with van der Waals surface area (Å²) in [5.41, 5.74) is 5.14. The summed E-state index contributed by atoms with van der Waals surface area (Å²) in [6, 6.07) is 25.3. The number of nitrogens with zero attached hydrogens (tertiary/aromatic N) is 1. The fourth-order valence-electron chi connectivity index (χ4n) is 4.68. The lowest BCUT2D eigenvalue weighted by molar-refractivity contribution is 0.0662. The minimum Gasteiger partial charge on any atom is -0.451 e. The molecule has 1 atom stereocenters. The molecule has 0 saturated carbocycles. The van der Waals surface area contributed by atoms with E-state index in [9.17, 15) is 4.79 Å². The standard InChI is InChI=1S/C26H19ClN2O2/c27-18-11-9-16(10-12-18)25-24-20(19-6-2-3-7-21(19)28-24)13-14-29(25)26(30)23-15-17-5-1-4-8-22(17)31-23/h1-12,15,25,28H,13-14H2/t25-/m0/s1. The molecule has 0 radical (unpaired) electrons. The summed E-state index contributed by atoms with van der Waals surface area (Å²) in [4.78, 5) is 19.1. The van der Waals surface area contributed by atoms with Crippen LogP contribution in [-0.2, 0) is 6.42 Å². The Balaban J connectivity index is 1.50. The highest BCUT2D eigenvalue weighted by molar-refractivity contribution is 6.30. The van der Waals surface area contributed by atoms with Gasteiger partial charge in [0.1, 0.15) is 5.58 Å². The highest BCUT2D eigenvalue weighted by atomic mass is 35.5. The van der Waals surface area contributed by atoms with E-state index >= 15 is 0 Å². The summed E-state index contributed by atoms with van der Waals surface area (Å²) in [5, 5.41) is 2.82. The van der Waals surface area contributed by atoms with Crippen molar-refractivity contribution in [1.29, 1.82) is 0 Å². The summed E-state index contributed by atoms with van der Waals surface area (Å²) in [7, 11) is 0. The smallest absolute Gasteiger partial charge is 0.290 e. The Morgan fingerprint density at radius 1 is 1.00 bits per heavy atom. The zero-order chi connectivity index (χ0) is 20.9. The van der Waals surface area contributed by atoms with Gasteiger partial charge in [0.05, 0.1) is 6.04 Å². The van der Waals surface area contributed by atoms with E-state index in [1.807, 2.05) is 65.6 Å². The maximum absolute atomic E-state index is 13.6. The van der Waals surface area contributed by atoms with Gasteiger partial charge < -0.3 is 14.3 Å². The first-order valence-electron chi connectivity index (χ1n) is 10.3. The Morgan fingerprint density at radius 2 is 1.77 bits per heavy atom. The maximum Gasteiger partial charge on any atom is 0.290 e. The van der Waals surface area contributed by atoms with Gasteiger partial charge in [-0.3, -0.25) is 4.79 Å². The molecule has 3 aromatic carbocycles. The first kappa shape index (κ1) is 18.3. The fourth-order valence-corrected chi connectivity index (χ4v) is 4.81. The molecule has 5 heteroatoms. The number of hydrogen-bond acceptors (Lipinski definition) is 2. The second kappa shape index (κ2) is 7.03. The van der Waals surface area contributed by atoms with Gasteiger partial charge >= 0.3 is 0 Å². The minimum absolute atomic E-state index is 0.111. The lowest BCUT2D eigenvalue weighted by Crippen LogP contribution is -2.40. The van der Waals surface area contributed by atoms with Crippen LogP contribution in [0.25, 0.3) is 21.9 Å². The Labute approximate surface area is 184 Å². The Bertz CT molecular complexity index is 1400. The lowest BCUT2D eigenvalue weighted by atomic mass is 9.92. The van der Waals surface area contributed by atoms with Crippen molar-refractivity contribution in [2.75, 3.05) is 6.54 Å². The summed E-state index contributed by atoms with van der Waals surface area (Å²) in [6.45, 7) is 0.609. The van der Waals surface area contributed by atoms with Crippen LogP contribution in [-0.4, -0.2) is 22.3 Å². The second-order valence-corrected chi connectivity index (χ2v) is 8.35. The van der Waals surface area contributed by atoms with E-state index in [1.54, 1.807) is 0 Å². The van der Waals surface area contributed by atoms with E-state index in [0.717, 1.165) is 34.2 Å². The van der Waals surface area contributed by atoms with Crippen LogP contribution in [0.2, 0.25) is 5.02 Å². The molecule has 31 heavy (non-hydrogen) atoms. The van der Waals surface area contributed by atoms with Gasteiger partial charge in [-0.2, -0.15) is 0 Å². The fraction of sp³-hybridized carbons (Fsp3) is 0.115. The molecule has 152 valence electrons. The Hall–Kier alpha value is -3.50. The van der Waals surface area contributed by atoms with E-state index in [-0.39, 0.29) is 11.9 Å². The number of nitrogens with one attached hydrogen (secondary N) is 1. The number of aromatic nitrogens is 1. The number of carbonyl (C=O) groups excluding carboxylic acids is 1. The molecule has 0 saturated heterocycles. The first-order valence-corrected chi connectivity index (χ1v) is 10.7. The van der Waals surface area contributed by atoms with Crippen molar-refractivity contribution in [2.45, 2.75) is 12.5 Å². The molecule has 0 bridgehead atoms. The number of carbonyl (C=O) groups is 1. The van der Waals surface area contributed by atoms with Crippen LogP contribution in [0.4, 0.5) is 0 Å². The van der Waals surface area contributed by atoms with E-state index in [4.69, 9.17) is 16.0 Å². The van der Waals surface area contributed by atoms with E-state index < -0.39 is 0 Å². The van der Waals surface area contributed by atoms with Gasteiger partial charge in [0.2, 0.25) is 0 Å². The van der Waals surface area contributed by atoms with Crippen LogP contribution in [0, 0.1) is 0 Å². The minimum atomic E-state index is -0.242. The van der Waals surface area contributed by atoms with Gasteiger partial charge in [-0.1, -0.05) is 60.1 Å². The topological polar surface area (TPSA) is 49.2 Å². The molecule has 0 fully saturated rings. The quantitative estimate of drug-likeness (QED) is 0.357. The highest BCUT2D eigenvalue weighted by Crippen LogP contribution is 2.39. The monoisotopic (exact) mass is 426 g/mol. The number of hydrogen-bond donors (Lipinski definition) is 1. The summed E-state index contributed by atoms with van der Waals surface area (Å²) >= 11 is 6.15. The van der Waals surface area contributed by atoms with E-state index in [1.165, 1.54) is 10.9 Å². The average Bonchev–Trinajstić information content (AvgIpc) is 3.40.